The zero-order valence-electron chi connectivity index (χ0n) is 19.0. The highest BCUT2D eigenvalue weighted by molar-refractivity contribution is 5.92. The Bertz CT molecular complexity index is 769. The second kappa shape index (κ2) is 11.2. The van der Waals surface area contributed by atoms with Crippen molar-refractivity contribution in [1.82, 2.24) is 9.80 Å². The first-order chi connectivity index (χ1) is 15.1. The standard InChI is InChI=1S/C25H36N2O4/c1-3-5-8-19-31-24(29)27-18-15-25(20-27)13-16-26(17-14-25)23(28)12-11-21-9-6-7-10-22(21)30-4-2/h6-7,9-12H,3-5,8,13-20H2,1-2H3. The highest BCUT2D eigenvalue weighted by Gasteiger charge is 2.43. The minimum atomic E-state index is -0.178. The molecule has 0 aromatic heterocycles. The summed E-state index contributed by atoms with van der Waals surface area (Å²) in [5.74, 6) is 0.825. The number of hydrogen-bond acceptors (Lipinski definition) is 4. The summed E-state index contributed by atoms with van der Waals surface area (Å²) in [5.41, 5.74) is 1.04. The van der Waals surface area contributed by atoms with Crippen molar-refractivity contribution in [2.24, 2.45) is 5.41 Å². The number of rotatable bonds is 8. The van der Waals surface area contributed by atoms with E-state index in [0.717, 1.165) is 76.0 Å². The van der Waals surface area contributed by atoms with E-state index < -0.39 is 0 Å². The van der Waals surface area contributed by atoms with Gasteiger partial charge in [-0.3, -0.25) is 4.79 Å². The molecular formula is C25H36N2O4. The van der Waals surface area contributed by atoms with Crippen LogP contribution in [-0.4, -0.2) is 61.2 Å². The molecule has 0 saturated carbocycles. The molecule has 0 unspecified atom stereocenters. The third-order valence-electron chi connectivity index (χ3n) is 6.43. The molecule has 0 atom stereocenters. The molecule has 2 fully saturated rings. The lowest BCUT2D eigenvalue weighted by Gasteiger charge is -2.38. The third kappa shape index (κ3) is 6.25. The lowest BCUT2D eigenvalue weighted by molar-refractivity contribution is -0.128. The van der Waals surface area contributed by atoms with Gasteiger partial charge in [0.25, 0.3) is 0 Å². The molecule has 2 heterocycles. The fourth-order valence-electron chi connectivity index (χ4n) is 4.47. The van der Waals surface area contributed by atoms with E-state index in [4.69, 9.17) is 9.47 Å². The summed E-state index contributed by atoms with van der Waals surface area (Å²) < 4.78 is 11.1. The molecule has 0 N–H and O–H groups in total. The van der Waals surface area contributed by atoms with E-state index in [9.17, 15) is 9.59 Å². The number of amides is 2. The third-order valence-corrected chi connectivity index (χ3v) is 6.43. The molecule has 1 spiro atoms. The number of hydrogen-bond donors (Lipinski definition) is 0. The van der Waals surface area contributed by atoms with Crippen LogP contribution in [-0.2, 0) is 9.53 Å². The average Bonchev–Trinajstić information content (AvgIpc) is 3.20. The summed E-state index contributed by atoms with van der Waals surface area (Å²) in [7, 11) is 0. The zero-order valence-corrected chi connectivity index (χ0v) is 19.0. The molecule has 6 nitrogen and oxygen atoms in total. The number of ether oxygens (including phenoxy) is 2. The maximum Gasteiger partial charge on any atom is 0.409 e. The van der Waals surface area contributed by atoms with Crippen LogP contribution in [0.15, 0.2) is 30.3 Å². The number of nitrogens with zero attached hydrogens (tertiary/aromatic N) is 2. The molecule has 0 aliphatic carbocycles. The molecule has 2 aliphatic rings. The molecule has 31 heavy (non-hydrogen) atoms. The molecule has 1 aromatic rings. The second-order valence-corrected chi connectivity index (χ2v) is 8.62. The summed E-state index contributed by atoms with van der Waals surface area (Å²) in [5, 5.41) is 0. The van der Waals surface area contributed by atoms with E-state index in [1.165, 1.54) is 0 Å². The smallest absolute Gasteiger partial charge is 0.409 e. The first-order valence-electron chi connectivity index (χ1n) is 11.7. The van der Waals surface area contributed by atoms with Crippen LogP contribution >= 0.6 is 0 Å². The van der Waals surface area contributed by atoms with Crippen molar-refractivity contribution in [3.05, 3.63) is 35.9 Å². The molecular weight excluding hydrogens is 392 g/mol. The Kier molecular flexibility index (Phi) is 8.38. The first-order valence-corrected chi connectivity index (χ1v) is 11.7. The predicted octanol–water partition coefficient (Wildman–Crippen LogP) is 4.74. The normalized spacial score (nSPS) is 18.0. The lowest BCUT2D eigenvalue weighted by atomic mass is 9.78. The number of likely N-dealkylation sites (tertiary alicyclic amines) is 2. The van der Waals surface area contributed by atoms with E-state index in [2.05, 4.69) is 6.92 Å². The Balaban J connectivity index is 1.47. The second-order valence-electron chi connectivity index (χ2n) is 8.62. The van der Waals surface area contributed by atoms with Crippen molar-refractivity contribution in [3.63, 3.8) is 0 Å². The van der Waals surface area contributed by atoms with Crippen LogP contribution < -0.4 is 4.74 Å². The molecule has 3 rings (SSSR count). The molecule has 0 radical (unpaired) electrons. The first kappa shape index (κ1) is 23.2. The maximum atomic E-state index is 12.7. The van der Waals surface area contributed by atoms with E-state index in [1.807, 2.05) is 47.1 Å². The lowest BCUT2D eigenvalue weighted by Crippen LogP contribution is -2.44. The summed E-state index contributed by atoms with van der Waals surface area (Å²) in [4.78, 5) is 28.8. The van der Waals surface area contributed by atoms with Crippen molar-refractivity contribution in [2.45, 2.75) is 52.4 Å². The zero-order chi connectivity index (χ0) is 22.1. The van der Waals surface area contributed by atoms with Crippen LogP contribution in [0.2, 0.25) is 0 Å². The van der Waals surface area contributed by atoms with Crippen LogP contribution in [0.1, 0.15) is 57.9 Å². The van der Waals surface area contributed by atoms with Crippen LogP contribution in [0.4, 0.5) is 4.79 Å². The minimum Gasteiger partial charge on any atom is -0.493 e. The van der Waals surface area contributed by atoms with Crippen molar-refractivity contribution in [1.29, 1.82) is 0 Å². The van der Waals surface area contributed by atoms with Gasteiger partial charge in [-0.05, 0) is 50.2 Å². The van der Waals surface area contributed by atoms with Crippen LogP contribution in [0.25, 0.3) is 6.08 Å². The van der Waals surface area contributed by atoms with Gasteiger partial charge < -0.3 is 19.3 Å². The summed E-state index contributed by atoms with van der Waals surface area (Å²) >= 11 is 0. The summed E-state index contributed by atoms with van der Waals surface area (Å²) in [6.45, 7) is 8.16. The SMILES string of the molecule is CCCCCOC(=O)N1CCC2(CCN(C(=O)C=Cc3ccccc3OCC)CC2)C1. The van der Waals surface area contributed by atoms with E-state index in [1.54, 1.807) is 6.08 Å². The molecule has 2 aliphatic heterocycles. The van der Waals surface area contributed by atoms with Crippen molar-refractivity contribution >= 4 is 18.1 Å². The van der Waals surface area contributed by atoms with Gasteiger partial charge in [0.05, 0.1) is 13.2 Å². The number of benzene rings is 1. The van der Waals surface area contributed by atoms with Crippen molar-refractivity contribution in [3.8, 4) is 5.75 Å². The van der Waals surface area contributed by atoms with Gasteiger partial charge in [-0.2, -0.15) is 0 Å². The van der Waals surface area contributed by atoms with Gasteiger partial charge in [0, 0.05) is 37.8 Å². The van der Waals surface area contributed by atoms with Crippen molar-refractivity contribution < 1.29 is 19.1 Å². The molecule has 2 saturated heterocycles. The molecule has 2 amide bonds. The van der Waals surface area contributed by atoms with Crippen molar-refractivity contribution in [2.75, 3.05) is 39.4 Å². The quantitative estimate of drug-likeness (QED) is 0.443. The van der Waals surface area contributed by atoms with E-state index in [-0.39, 0.29) is 17.4 Å². The van der Waals surface area contributed by atoms with Gasteiger partial charge in [0.15, 0.2) is 0 Å². The topological polar surface area (TPSA) is 59.1 Å². The predicted molar refractivity (Wildman–Crippen MR) is 122 cm³/mol. The number of piperidine rings is 1. The van der Waals surface area contributed by atoms with E-state index in [0.29, 0.717) is 13.2 Å². The number of carbonyl (C=O) groups excluding carboxylic acids is 2. The van der Waals surface area contributed by atoms with Gasteiger partial charge in [0.1, 0.15) is 5.75 Å². The Morgan fingerprint density at radius 3 is 2.45 bits per heavy atom. The van der Waals surface area contributed by atoms with Crippen LogP contribution in [0, 0.1) is 5.41 Å². The van der Waals surface area contributed by atoms with Crippen LogP contribution in [0.3, 0.4) is 0 Å². The molecule has 1 aromatic carbocycles. The number of para-hydroxylation sites is 1. The largest absolute Gasteiger partial charge is 0.493 e. The molecule has 170 valence electrons. The fourth-order valence-corrected chi connectivity index (χ4v) is 4.47. The van der Waals surface area contributed by atoms with Gasteiger partial charge >= 0.3 is 6.09 Å². The molecule has 0 bridgehead atoms. The highest BCUT2D eigenvalue weighted by atomic mass is 16.6. The van der Waals surface area contributed by atoms with Gasteiger partial charge in [0.2, 0.25) is 5.91 Å². The average molecular weight is 429 g/mol. The summed E-state index contributed by atoms with van der Waals surface area (Å²) in [6, 6.07) is 7.74. The van der Waals surface area contributed by atoms with Gasteiger partial charge in [-0.1, -0.05) is 38.0 Å². The maximum absolute atomic E-state index is 12.7. The number of carbonyl (C=O) groups is 2. The Morgan fingerprint density at radius 2 is 1.74 bits per heavy atom. The summed E-state index contributed by atoms with van der Waals surface area (Å²) in [6.07, 6.45) is 9.30. The Labute approximate surface area is 186 Å². The van der Waals surface area contributed by atoms with Gasteiger partial charge in [-0.15, -0.1) is 0 Å². The fraction of sp³-hybridized carbons (Fsp3) is 0.600. The Morgan fingerprint density at radius 1 is 1.03 bits per heavy atom. The molecule has 6 heteroatoms. The van der Waals surface area contributed by atoms with E-state index >= 15 is 0 Å². The van der Waals surface area contributed by atoms with Gasteiger partial charge in [-0.25, -0.2) is 4.79 Å². The Hall–Kier alpha value is -2.50. The number of unbranched alkanes of at least 4 members (excludes halogenated alkanes) is 2. The monoisotopic (exact) mass is 428 g/mol. The van der Waals surface area contributed by atoms with Crippen LogP contribution in [0.5, 0.6) is 5.75 Å². The minimum absolute atomic E-state index is 0.0336. The highest BCUT2D eigenvalue weighted by Crippen LogP contribution is 2.40.